The predicted molar refractivity (Wildman–Crippen MR) is 104 cm³/mol. The van der Waals surface area contributed by atoms with Crippen molar-refractivity contribution in [1.29, 1.82) is 0 Å². The van der Waals surface area contributed by atoms with E-state index in [1.807, 2.05) is 30.3 Å². The van der Waals surface area contributed by atoms with Crippen molar-refractivity contribution >= 4 is 22.0 Å². The molecule has 2 rings (SSSR count). The lowest BCUT2D eigenvalue weighted by atomic mass is 10.0. The summed E-state index contributed by atoms with van der Waals surface area (Å²) in [5.41, 5.74) is 1.70. The van der Waals surface area contributed by atoms with E-state index < -0.39 is 22.1 Å². The van der Waals surface area contributed by atoms with Gasteiger partial charge in [0.15, 0.2) is 0 Å². The van der Waals surface area contributed by atoms with Crippen LogP contribution in [0.15, 0.2) is 54.6 Å². The molecule has 8 heteroatoms. The summed E-state index contributed by atoms with van der Waals surface area (Å²) in [7, 11) is -3.59. The molecule has 2 aromatic rings. The molecule has 0 bridgehead atoms. The van der Waals surface area contributed by atoms with Crippen molar-refractivity contribution in [1.82, 2.24) is 5.32 Å². The average molecular weight is 405 g/mol. The number of carbonyl (C=O) groups excluding carboxylic acids is 2. The van der Waals surface area contributed by atoms with Gasteiger partial charge in [-0.25, -0.2) is 0 Å². The van der Waals surface area contributed by atoms with Crippen LogP contribution in [0.2, 0.25) is 0 Å². The summed E-state index contributed by atoms with van der Waals surface area (Å²) in [5.74, 6) is -0.470. The van der Waals surface area contributed by atoms with Gasteiger partial charge in [-0.15, -0.1) is 0 Å². The first-order valence-electron chi connectivity index (χ1n) is 8.66. The number of carbonyl (C=O) groups is 2. The van der Waals surface area contributed by atoms with Gasteiger partial charge in [-0.1, -0.05) is 42.5 Å². The molecule has 1 amide bonds. The van der Waals surface area contributed by atoms with Gasteiger partial charge in [0.2, 0.25) is 5.91 Å². The number of esters is 1. The van der Waals surface area contributed by atoms with Crippen LogP contribution in [0.25, 0.3) is 0 Å². The smallest absolute Gasteiger partial charge is 0.308 e. The van der Waals surface area contributed by atoms with Gasteiger partial charge in [-0.2, -0.15) is 8.42 Å². The standard InChI is InChI=1S/C20H23NO6S/c1-15(22)21-18(13-20(23)26-14-17-6-4-3-5-7-17)12-16-8-10-19(11-9-16)27-28(2,24)25/h3-11,18H,12-14H2,1-2H3,(H,21,22). The van der Waals surface area contributed by atoms with Crippen LogP contribution in [0.4, 0.5) is 0 Å². The molecule has 0 aliphatic heterocycles. The first-order chi connectivity index (χ1) is 13.2. The number of hydrogen-bond acceptors (Lipinski definition) is 6. The molecule has 28 heavy (non-hydrogen) atoms. The molecule has 2 aromatic carbocycles. The summed E-state index contributed by atoms with van der Waals surface area (Å²) < 4.78 is 32.4. The van der Waals surface area contributed by atoms with Gasteiger partial charge in [-0.05, 0) is 29.7 Å². The van der Waals surface area contributed by atoms with Gasteiger partial charge in [0.05, 0.1) is 12.7 Å². The molecule has 1 N–H and O–H groups in total. The van der Waals surface area contributed by atoms with Gasteiger partial charge >= 0.3 is 16.1 Å². The van der Waals surface area contributed by atoms with E-state index in [1.54, 1.807) is 12.1 Å². The van der Waals surface area contributed by atoms with Crippen LogP contribution in [0.5, 0.6) is 5.75 Å². The van der Waals surface area contributed by atoms with E-state index in [9.17, 15) is 18.0 Å². The quantitative estimate of drug-likeness (QED) is 0.507. The predicted octanol–water partition coefficient (Wildman–Crippen LogP) is 2.21. The molecule has 1 atom stereocenters. The lowest BCUT2D eigenvalue weighted by Crippen LogP contribution is -2.37. The zero-order valence-corrected chi connectivity index (χ0v) is 16.6. The Morgan fingerprint density at radius 1 is 1.00 bits per heavy atom. The summed E-state index contributed by atoms with van der Waals surface area (Å²) in [6.07, 6.45) is 1.38. The zero-order valence-electron chi connectivity index (χ0n) is 15.8. The highest BCUT2D eigenvalue weighted by atomic mass is 32.2. The monoisotopic (exact) mass is 405 g/mol. The SMILES string of the molecule is CC(=O)NC(CC(=O)OCc1ccccc1)Cc1ccc(OS(C)(=O)=O)cc1. The largest absolute Gasteiger partial charge is 0.461 e. The second-order valence-electron chi connectivity index (χ2n) is 6.38. The molecule has 0 fully saturated rings. The highest BCUT2D eigenvalue weighted by molar-refractivity contribution is 7.86. The lowest BCUT2D eigenvalue weighted by Gasteiger charge is -2.17. The number of nitrogens with one attached hydrogen (secondary N) is 1. The van der Waals surface area contributed by atoms with Gasteiger partial charge in [-0.3, -0.25) is 9.59 Å². The van der Waals surface area contributed by atoms with Crippen molar-refractivity contribution in [2.45, 2.75) is 32.4 Å². The molecule has 0 aromatic heterocycles. The van der Waals surface area contributed by atoms with Crippen LogP contribution >= 0.6 is 0 Å². The molecule has 0 aliphatic carbocycles. The fraction of sp³-hybridized carbons (Fsp3) is 0.300. The summed E-state index contributed by atoms with van der Waals surface area (Å²) >= 11 is 0. The van der Waals surface area contributed by atoms with Crippen molar-refractivity contribution < 1.29 is 26.9 Å². The summed E-state index contributed by atoms with van der Waals surface area (Å²) in [5, 5.41) is 2.74. The average Bonchev–Trinajstić information content (AvgIpc) is 2.61. The van der Waals surface area contributed by atoms with Gasteiger partial charge in [0.25, 0.3) is 0 Å². The normalized spacial score (nSPS) is 12.1. The maximum Gasteiger partial charge on any atom is 0.308 e. The number of ether oxygens (including phenoxy) is 1. The fourth-order valence-corrected chi connectivity index (χ4v) is 3.06. The van der Waals surface area contributed by atoms with Crippen LogP contribution in [-0.2, 0) is 37.5 Å². The first-order valence-corrected chi connectivity index (χ1v) is 10.5. The van der Waals surface area contributed by atoms with Crippen molar-refractivity contribution in [3.8, 4) is 5.75 Å². The van der Waals surface area contributed by atoms with Gasteiger partial charge in [0.1, 0.15) is 12.4 Å². The highest BCUT2D eigenvalue weighted by Crippen LogP contribution is 2.16. The molecule has 7 nitrogen and oxygen atoms in total. The second kappa shape index (κ2) is 9.89. The molecular formula is C20H23NO6S. The Morgan fingerprint density at radius 2 is 1.64 bits per heavy atom. The number of benzene rings is 2. The molecule has 0 heterocycles. The highest BCUT2D eigenvalue weighted by Gasteiger charge is 2.17. The first kappa shape index (κ1) is 21.4. The van der Waals surface area contributed by atoms with E-state index in [2.05, 4.69) is 5.32 Å². The summed E-state index contributed by atoms with van der Waals surface area (Å²) in [6.45, 7) is 1.55. The minimum Gasteiger partial charge on any atom is -0.461 e. The third kappa shape index (κ3) is 8.22. The van der Waals surface area contributed by atoms with Gasteiger partial charge < -0.3 is 14.2 Å². The van der Waals surface area contributed by atoms with E-state index in [1.165, 1.54) is 19.1 Å². The van der Waals surface area contributed by atoms with Crippen molar-refractivity contribution in [3.05, 3.63) is 65.7 Å². The minimum absolute atomic E-state index is 0.0218. The minimum atomic E-state index is -3.59. The third-order valence-electron chi connectivity index (χ3n) is 3.72. The lowest BCUT2D eigenvalue weighted by molar-refractivity contribution is -0.145. The Bertz CT molecular complexity index is 894. The summed E-state index contributed by atoms with van der Waals surface area (Å²) in [4.78, 5) is 23.6. The number of hydrogen-bond donors (Lipinski definition) is 1. The Balaban J connectivity index is 1.95. The van der Waals surface area contributed by atoms with E-state index in [0.29, 0.717) is 6.42 Å². The van der Waals surface area contributed by atoms with Crippen molar-refractivity contribution in [2.24, 2.45) is 0 Å². The molecule has 0 spiro atoms. The second-order valence-corrected chi connectivity index (χ2v) is 7.96. The Kier molecular flexibility index (Phi) is 7.57. The molecule has 1 unspecified atom stereocenters. The van der Waals surface area contributed by atoms with Crippen molar-refractivity contribution in [2.75, 3.05) is 6.26 Å². The fourth-order valence-electron chi connectivity index (χ4n) is 2.60. The molecule has 0 saturated heterocycles. The van der Waals surface area contributed by atoms with Crippen LogP contribution in [-0.4, -0.2) is 32.6 Å². The summed E-state index contributed by atoms with van der Waals surface area (Å²) in [6, 6.07) is 15.3. The van der Waals surface area contributed by atoms with E-state index in [0.717, 1.165) is 17.4 Å². The maximum atomic E-state index is 12.1. The molecule has 0 aliphatic rings. The van der Waals surface area contributed by atoms with Crippen LogP contribution in [0.3, 0.4) is 0 Å². The van der Waals surface area contributed by atoms with Gasteiger partial charge in [0, 0.05) is 13.0 Å². The van der Waals surface area contributed by atoms with Crippen LogP contribution in [0, 0.1) is 0 Å². The number of rotatable bonds is 9. The Hall–Kier alpha value is -2.87. The van der Waals surface area contributed by atoms with Crippen LogP contribution < -0.4 is 9.50 Å². The van der Waals surface area contributed by atoms with E-state index in [4.69, 9.17) is 8.92 Å². The van der Waals surface area contributed by atoms with Crippen molar-refractivity contribution in [3.63, 3.8) is 0 Å². The van der Waals surface area contributed by atoms with E-state index in [-0.39, 0.29) is 24.7 Å². The maximum absolute atomic E-state index is 12.1. The molecule has 0 saturated carbocycles. The third-order valence-corrected chi connectivity index (χ3v) is 4.21. The zero-order chi connectivity index (χ0) is 20.6. The Morgan fingerprint density at radius 3 is 2.21 bits per heavy atom. The van der Waals surface area contributed by atoms with E-state index >= 15 is 0 Å². The Labute approximate surface area is 164 Å². The number of amides is 1. The topological polar surface area (TPSA) is 98.8 Å². The molecular weight excluding hydrogens is 382 g/mol. The molecule has 0 radical (unpaired) electrons. The van der Waals surface area contributed by atoms with Crippen LogP contribution in [0.1, 0.15) is 24.5 Å². The molecule has 150 valence electrons.